The van der Waals surface area contributed by atoms with E-state index in [-0.39, 0.29) is 255 Å². The van der Waals surface area contributed by atoms with Crippen molar-refractivity contribution in [2.45, 2.75) is 0 Å². The normalized spacial score (nSPS) is 3.60. The molecule has 0 heterocycles. The average Bonchev–Trinajstić information content (AvgIpc) is 1.25. The van der Waals surface area contributed by atoms with Gasteiger partial charge in [0.15, 0.2) is 0 Å². The summed E-state index contributed by atoms with van der Waals surface area (Å²) in [5.41, 5.74) is 0. The average molecular weight is 842 g/mol. The largest absolute Gasteiger partial charge is 2.00 e. The van der Waals surface area contributed by atoms with E-state index in [9.17, 15) is 0 Å². The van der Waals surface area contributed by atoms with Crippen molar-refractivity contribution >= 4 is 259 Å². The van der Waals surface area contributed by atoms with Crippen LogP contribution in [0, 0.1) is 0 Å². The van der Waals surface area contributed by atoms with Crippen molar-refractivity contribution in [3.8, 4) is 0 Å². The minimum absolute atomic E-state index is 0. The van der Waals surface area contributed by atoms with Crippen LogP contribution in [0.3, 0.4) is 0 Å². The van der Waals surface area contributed by atoms with E-state index >= 15 is 0 Å². The minimum atomic E-state index is -2.17. The molecule has 15 heavy (non-hydrogen) atoms. The molecule has 0 aromatic rings. The van der Waals surface area contributed by atoms with Gasteiger partial charge >= 0.3 is 259 Å². The van der Waals surface area contributed by atoms with Crippen molar-refractivity contribution < 1.29 is 41.1 Å². The van der Waals surface area contributed by atoms with Crippen LogP contribution in [0.4, 0.5) is 0 Å². The molecule has 0 bridgehead atoms. The predicted octanol–water partition coefficient (Wildman–Crippen LogP) is -6.25. The first kappa shape index (κ1) is 57.0. The van der Waals surface area contributed by atoms with E-state index in [4.69, 9.17) is 30.1 Å². The van der Waals surface area contributed by atoms with Crippen molar-refractivity contribution in [2.75, 3.05) is 0 Å². The molecule has 0 atom stereocenters. The van der Waals surface area contributed by atoms with Crippen LogP contribution in [0.15, 0.2) is 0 Å². The summed E-state index contributed by atoms with van der Waals surface area (Å²) in [6.07, 6.45) is 0. The Balaban J connectivity index is -0.00000000468. The van der Waals surface area contributed by atoms with E-state index in [1.807, 2.05) is 0 Å². The van der Waals surface area contributed by atoms with Gasteiger partial charge < -0.3 is 41.1 Å². The Morgan fingerprint density at radius 3 is 0.400 bits per heavy atom. The molecular formula is H6B2Ba5O8+6. The van der Waals surface area contributed by atoms with Crippen LogP contribution in [-0.4, -0.2) is 289 Å². The summed E-state index contributed by atoms with van der Waals surface area (Å²) in [6, 6.07) is 0. The fraction of sp³-hybridized carbons (Fsp3) is 0. The van der Waals surface area contributed by atoms with Crippen molar-refractivity contribution in [1.82, 2.24) is 0 Å². The Kier molecular flexibility index (Phi) is 188. The van der Waals surface area contributed by atoms with E-state index in [0.717, 1.165) is 0 Å². The van der Waals surface area contributed by atoms with Gasteiger partial charge in [0, 0.05) is 0 Å². The summed E-state index contributed by atoms with van der Waals surface area (Å²) in [5, 5.41) is 43.0. The number of hydrogen-bond donors (Lipinski definition) is 6. The van der Waals surface area contributed by atoms with Crippen LogP contribution >= 0.6 is 0 Å². The third-order valence-corrected chi connectivity index (χ3v) is 0. The fourth-order valence-corrected chi connectivity index (χ4v) is 0. The summed E-state index contributed by atoms with van der Waals surface area (Å²) in [6.45, 7) is 0. The van der Waals surface area contributed by atoms with E-state index < -0.39 is 14.6 Å². The molecule has 0 aliphatic heterocycles. The first-order valence-electron chi connectivity index (χ1n) is 1.55. The van der Waals surface area contributed by atoms with Crippen LogP contribution in [0.2, 0.25) is 0 Å². The Labute approximate surface area is 290 Å². The molecule has 0 saturated carbocycles. The van der Waals surface area contributed by atoms with Gasteiger partial charge in [-0.2, -0.15) is 0 Å². The molecule has 0 radical (unpaired) electrons. The number of rotatable bonds is 0. The molecule has 0 aromatic carbocycles. The third-order valence-electron chi connectivity index (χ3n) is 0. The fourth-order valence-electron chi connectivity index (χ4n) is 0. The topological polar surface area (TPSA) is 178 Å². The zero-order chi connectivity index (χ0) is 7.15. The van der Waals surface area contributed by atoms with Gasteiger partial charge in [0.1, 0.15) is 0 Å². The second-order valence-electron chi connectivity index (χ2n) is 0.693. The molecule has 0 aliphatic carbocycles. The van der Waals surface area contributed by atoms with Crippen molar-refractivity contribution in [3.63, 3.8) is 0 Å². The maximum Gasteiger partial charge on any atom is 2.00 e. The van der Waals surface area contributed by atoms with Gasteiger partial charge in [-0.15, -0.1) is 0 Å². The molecule has 6 N–H and O–H groups in total. The standard InChI is InChI=1S/2BH3O3.5Ba.2O/c2*2-1(3)4;;;;;;;/h2*2-4H;;;;;;;/q;;5*+2;2*-2. The molecule has 0 fully saturated rings. The Morgan fingerprint density at radius 2 is 0.400 bits per heavy atom. The van der Waals surface area contributed by atoms with Gasteiger partial charge in [-0.1, -0.05) is 0 Å². The zero-order valence-corrected chi connectivity index (χ0v) is 30.4. The molecule has 0 saturated heterocycles. The quantitative estimate of drug-likeness (QED) is 0.132. The van der Waals surface area contributed by atoms with E-state index in [2.05, 4.69) is 0 Å². The molecule has 0 rings (SSSR count). The molecule has 8 nitrogen and oxygen atoms in total. The van der Waals surface area contributed by atoms with Crippen LogP contribution in [0.25, 0.3) is 0 Å². The summed E-state index contributed by atoms with van der Waals surface area (Å²) >= 11 is 0. The maximum absolute atomic E-state index is 7.17. The van der Waals surface area contributed by atoms with Gasteiger partial charge in [-0.05, 0) is 0 Å². The second kappa shape index (κ2) is 49.5. The zero-order valence-electron chi connectivity index (χ0n) is 8.19. The van der Waals surface area contributed by atoms with Crippen LogP contribution in [-0.2, 0) is 11.0 Å². The van der Waals surface area contributed by atoms with Crippen molar-refractivity contribution in [2.24, 2.45) is 0 Å². The number of hydrogen-bond acceptors (Lipinski definition) is 6. The van der Waals surface area contributed by atoms with Crippen molar-refractivity contribution in [3.05, 3.63) is 0 Å². The summed E-state index contributed by atoms with van der Waals surface area (Å²) < 4.78 is 0. The SMILES string of the molecule is OB(O)O.OB(O)O.[Ba+2].[Ba+2].[Ba+2].[Ba+2].[Ba+2].[O-2].[O-2]. The Bertz CT molecular complexity index is 36.5. The van der Waals surface area contributed by atoms with Gasteiger partial charge in [-0.25, -0.2) is 0 Å². The van der Waals surface area contributed by atoms with Crippen LogP contribution in [0.5, 0.6) is 0 Å². The molecule has 15 heteroatoms. The molecule has 0 aliphatic rings. The molecule has 0 aromatic heterocycles. The molecule has 0 amide bonds. The van der Waals surface area contributed by atoms with Gasteiger partial charge in [-0.3, -0.25) is 0 Å². The first-order chi connectivity index (χ1) is 3.46. The summed E-state index contributed by atoms with van der Waals surface area (Å²) in [4.78, 5) is 0. The third kappa shape index (κ3) is 143. The minimum Gasteiger partial charge on any atom is -2.00 e. The monoisotopic (exact) mass is 846 g/mol. The molecular weight excluding hydrogens is 836 g/mol. The van der Waals surface area contributed by atoms with Crippen LogP contribution < -0.4 is 0 Å². The summed E-state index contributed by atoms with van der Waals surface area (Å²) in [7, 11) is -4.33. The summed E-state index contributed by atoms with van der Waals surface area (Å²) in [5.74, 6) is 0. The first-order valence-corrected chi connectivity index (χ1v) is 1.55. The smallest absolute Gasteiger partial charge is 2.00 e. The second-order valence-corrected chi connectivity index (χ2v) is 0.693. The predicted molar refractivity (Wildman–Crippen MR) is 55.0 cm³/mol. The molecule has 0 unspecified atom stereocenters. The van der Waals surface area contributed by atoms with Gasteiger partial charge in [0.2, 0.25) is 0 Å². The van der Waals surface area contributed by atoms with E-state index in [1.165, 1.54) is 0 Å². The van der Waals surface area contributed by atoms with Crippen molar-refractivity contribution in [1.29, 1.82) is 0 Å². The van der Waals surface area contributed by atoms with Crippen LogP contribution in [0.1, 0.15) is 0 Å². The Morgan fingerprint density at radius 1 is 0.400 bits per heavy atom. The van der Waals surface area contributed by atoms with Gasteiger partial charge in [0.05, 0.1) is 0 Å². The maximum atomic E-state index is 7.17. The molecule has 64 valence electrons. The van der Waals surface area contributed by atoms with E-state index in [1.54, 1.807) is 0 Å². The molecule has 0 spiro atoms. The Hall–Kier alpha value is 7.67. The van der Waals surface area contributed by atoms with Gasteiger partial charge in [0.25, 0.3) is 0 Å². The van der Waals surface area contributed by atoms with E-state index in [0.29, 0.717) is 0 Å².